The summed E-state index contributed by atoms with van der Waals surface area (Å²) in [7, 11) is 1.71. The van der Waals surface area contributed by atoms with Crippen molar-refractivity contribution in [3.05, 3.63) is 54.0 Å². The standard InChI is InChI=1S/C15H13N5O3S/c1-20-15(17-18-19-20)24-9-12(21)10-4-6-11(7-5-10)16-14(22)13-3-2-8-23-13/h2-8H,9H2,1H3,(H,16,22). The number of benzene rings is 1. The summed E-state index contributed by atoms with van der Waals surface area (Å²) in [5, 5.41) is 14.3. The quantitative estimate of drug-likeness (QED) is 0.539. The second-order valence-corrected chi connectivity index (χ2v) is 5.75. The first kappa shape index (κ1) is 15.9. The molecular formula is C15H13N5O3S. The van der Waals surface area contributed by atoms with Crippen LogP contribution in [0, 0.1) is 0 Å². The fraction of sp³-hybridized carbons (Fsp3) is 0.133. The number of ketones is 1. The SMILES string of the molecule is Cn1nnnc1SCC(=O)c1ccc(NC(=O)c2ccco2)cc1. The van der Waals surface area contributed by atoms with Crippen molar-refractivity contribution in [2.24, 2.45) is 7.05 Å². The lowest BCUT2D eigenvalue weighted by atomic mass is 10.1. The molecule has 8 nitrogen and oxygen atoms in total. The highest BCUT2D eigenvalue weighted by atomic mass is 32.2. The summed E-state index contributed by atoms with van der Waals surface area (Å²) in [6.07, 6.45) is 1.43. The molecule has 0 fully saturated rings. The lowest BCUT2D eigenvalue weighted by Gasteiger charge is -2.05. The van der Waals surface area contributed by atoms with Crippen LogP contribution in [0.4, 0.5) is 5.69 Å². The van der Waals surface area contributed by atoms with Crippen LogP contribution in [0.1, 0.15) is 20.9 Å². The van der Waals surface area contributed by atoms with Crippen LogP contribution in [-0.4, -0.2) is 37.7 Å². The number of tetrazole rings is 1. The van der Waals surface area contributed by atoms with Gasteiger partial charge in [-0.2, -0.15) is 0 Å². The molecule has 122 valence electrons. The first-order valence-corrected chi connectivity index (χ1v) is 7.95. The number of amides is 1. The maximum Gasteiger partial charge on any atom is 0.291 e. The highest BCUT2D eigenvalue weighted by molar-refractivity contribution is 7.99. The Morgan fingerprint density at radius 1 is 1.25 bits per heavy atom. The molecular weight excluding hydrogens is 330 g/mol. The van der Waals surface area contributed by atoms with Gasteiger partial charge in [0.25, 0.3) is 5.91 Å². The van der Waals surface area contributed by atoms with Crippen LogP contribution in [0.3, 0.4) is 0 Å². The summed E-state index contributed by atoms with van der Waals surface area (Å²) in [6.45, 7) is 0. The predicted octanol–water partition coefficient (Wildman–Crippen LogP) is 2.03. The molecule has 0 aliphatic rings. The van der Waals surface area contributed by atoms with Crippen molar-refractivity contribution in [3.8, 4) is 0 Å². The zero-order valence-corrected chi connectivity index (χ0v) is 13.5. The van der Waals surface area contributed by atoms with Gasteiger partial charge < -0.3 is 9.73 Å². The topological polar surface area (TPSA) is 103 Å². The monoisotopic (exact) mass is 343 g/mol. The number of carbonyl (C=O) groups is 2. The number of aryl methyl sites for hydroxylation is 1. The van der Waals surface area contributed by atoms with Crippen molar-refractivity contribution in [1.82, 2.24) is 20.2 Å². The van der Waals surface area contributed by atoms with Crippen molar-refractivity contribution >= 4 is 29.1 Å². The second kappa shape index (κ2) is 7.09. The summed E-state index contributed by atoms with van der Waals surface area (Å²) in [6, 6.07) is 9.88. The van der Waals surface area contributed by atoms with E-state index in [0.29, 0.717) is 16.4 Å². The Morgan fingerprint density at radius 3 is 2.67 bits per heavy atom. The minimum absolute atomic E-state index is 0.0492. The molecule has 0 unspecified atom stereocenters. The molecule has 3 rings (SSSR count). The summed E-state index contributed by atoms with van der Waals surface area (Å²) < 4.78 is 6.52. The van der Waals surface area contributed by atoms with Gasteiger partial charge in [-0.1, -0.05) is 11.8 Å². The van der Waals surface area contributed by atoms with Gasteiger partial charge >= 0.3 is 0 Å². The fourth-order valence-electron chi connectivity index (χ4n) is 1.90. The van der Waals surface area contributed by atoms with Crippen LogP contribution >= 0.6 is 11.8 Å². The van der Waals surface area contributed by atoms with Crippen molar-refractivity contribution in [2.75, 3.05) is 11.1 Å². The highest BCUT2D eigenvalue weighted by Crippen LogP contribution is 2.17. The summed E-state index contributed by atoms with van der Waals surface area (Å²) in [5.74, 6) is 0.0620. The molecule has 9 heteroatoms. The number of aromatic nitrogens is 4. The zero-order valence-electron chi connectivity index (χ0n) is 12.7. The molecule has 0 aliphatic carbocycles. The number of nitrogens with one attached hydrogen (secondary N) is 1. The predicted molar refractivity (Wildman–Crippen MR) is 87.0 cm³/mol. The maximum absolute atomic E-state index is 12.2. The van der Waals surface area contributed by atoms with Gasteiger partial charge in [0.1, 0.15) is 0 Å². The largest absolute Gasteiger partial charge is 0.459 e. The van der Waals surface area contributed by atoms with Gasteiger partial charge in [0.15, 0.2) is 11.5 Å². The lowest BCUT2D eigenvalue weighted by Crippen LogP contribution is -2.11. The molecule has 0 spiro atoms. The Hall–Kier alpha value is -2.94. The third kappa shape index (κ3) is 3.69. The first-order chi connectivity index (χ1) is 11.6. The van der Waals surface area contributed by atoms with E-state index in [-0.39, 0.29) is 23.2 Å². The van der Waals surface area contributed by atoms with Crippen molar-refractivity contribution in [1.29, 1.82) is 0 Å². The number of Topliss-reactive ketones (excluding diaryl/α,β-unsaturated/α-hetero) is 1. The molecule has 0 aliphatic heterocycles. The van der Waals surface area contributed by atoms with Crippen LogP contribution in [0.5, 0.6) is 0 Å². The van der Waals surface area contributed by atoms with Gasteiger partial charge in [0.05, 0.1) is 12.0 Å². The van der Waals surface area contributed by atoms with E-state index in [9.17, 15) is 9.59 Å². The normalized spacial score (nSPS) is 10.5. The molecule has 1 amide bonds. The van der Waals surface area contributed by atoms with E-state index in [1.165, 1.54) is 22.7 Å². The highest BCUT2D eigenvalue weighted by Gasteiger charge is 2.11. The molecule has 0 saturated carbocycles. The molecule has 0 radical (unpaired) electrons. The lowest BCUT2D eigenvalue weighted by molar-refractivity contribution is 0.0995. The van der Waals surface area contributed by atoms with Crippen LogP contribution in [0.15, 0.2) is 52.2 Å². The Morgan fingerprint density at radius 2 is 2.04 bits per heavy atom. The number of hydrogen-bond acceptors (Lipinski definition) is 7. The zero-order chi connectivity index (χ0) is 16.9. The molecule has 24 heavy (non-hydrogen) atoms. The van der Waals surface area contributed by atoms with Crippen LogP contribution in [0.2, 0.25) is 0 Å². The van der Waals surface area contributed by atoms with Crippen molar-refractivity contribution in [3.63, 3.8) is 0 Å². The van der Waals surface area contributed by atoms with Crippen molar-refractivity contribution in [2.45, 2.75) is 5.16 Å². The van der Waals surface area contributed by atoms with Gasteiger partial charge in [0.2, 0.25) is 5.16 Å². The molecule has 1 N–H and O–H groups in total. The van der Waals surface area contributed by atoms with E-state index in [0.717, 1.165) is 0 Å². The third-order valence-corrected chi connectivity index (χ3v) is 4.13. The number of carbonyl (C=O) groups excluding carboxylic acids is 2. The van der Waals surface area contributed by atoms with E-state index in [4.69, 9.17) is 4.42 Å². The third-order valence-electron chi connectivity index (χ3n) is 3.12. The molecule has 1 aromatic carbocycles. The Bertz CT molecular complexity index is 842. The molecule has 0 saturated heterocycles. The summed E-state index contributed by atoms with van der Waals surface area (Å²) >= 11 is 1.26. The van der Waals surface area contributed by atoms with Crippen LogP contribution < -0.4 is 5.32 Å². The Kier molecular flexibility index (Phi) is 4.71. The van der Waals surface area contributed by atoms with Crippen LogP contribution in [0.25, 0.3) is 0 Å². The minimum atomic E-state index is -0.343. The van der Waals surface area contributed by atoms with E-state index in [1.54, 1.807) is 43.4 Å². The van der Waals surface area contributed by atoms with Crippen molar-refractivity contribution < 1.29 is 14.0 Å². The Labute approximate surface area is 141 Å². The average Bonchev–Trinajstić information content (AvgIpc) is 3.25. The molecule has 3 aromatic rings. The molecule has 0 bridgehead atoms. The average molecular weight is 343 g/mol. The van der Waals surface area contributed by atoms with E-state index in [1.807, 2.05) is 0 Å². The fourth-order valence-corrected chi connectivity index (χ4v) is 2.64. The number of hydrogen-bond donors (Lipinski definition) is 1. The second-order valence-electron chi connectivity index (χ2n) is 4.81. The van der Waals surface area contributed by atoms with Gasteiger partial charge in [-0.05, 0) is 46.8 Å². The van der Waals surface area contributed by atoms with Gasteiger partial charge in [-0.15, -0.1) is 5.10 Å². The minimum Gasteiger partial charge on any atom is -0.459 e. The van der Waals surface area contributed by atoms with Crippen LogP contribution in [-0.2, 0) is 7.05 Å². The number of rotatable bonds is 6. The molecule has 2 aromatic heterocycles. The number of nitrogens with zero attached hydrogens (tertiary/aromatic N) is 4. The number of thioether (sulfide) groups is 1. The first-order valence-electron chi connectivity index (χ1n) is 6.97. The number of furan rings is 1. The Balaban J connectivity index is 1.58. The van der Waals surface area contributed by atoms with Gasteiger partial charge in [0, 0.05) is 18.3 Å². The number of anilines is 1. The van der Waals surface area contributed by atoms with E-state index < -0.39 is 0 Å². The maximum atomic E-state index is 12.2. The van der Waals surface area contributed by atoms with E-state index in [2.05, 4.69) is 20.8 Å². The van der Waals surface area contributed by atoms with E-state index >= 15 is 0 Å². The molecule has 0 atom stereocenters. The van der Waals surface area contributed by atoms with Gasteiger partial charge in [-0.25, -0.2) is 4.68 Å². The smallest absolute Gasteiger partial charge is 0.291 e. The summed E-state index contributed by atoms with van der Waals surface area (Å²) in [4.78, 5) is 24.0. The van der Waals surface area contributed by atoms with Gasteiger partial charge in [-0.3, -0.25) is 9.59 Å². The summed E-state index contributed by atoms with van der Waals surface area (Å²) in [5.41, 5.74) is 1.13. The molecule has 2 heterocycles.